The number of halogens is 1. The zero-order chi connectivity index (χ0) is 18.5. The maximum atomic E-state index is 12.5. The average molecular weight is 501 g/mol. The number of nitrogens with one attached hydrogen (secondary N) is 1. The maximum Gasteiger partial charge on any atom is 0.410 e. The highest BCUT2D eigenvalue weighted by atomic mass is 127. The number of fused-ring (bicyclic) bond motifs is 1. The Bertz CT molecular complexity index is 922. The van der Waals surface area contributed by atoms with E-state index in [9.17, 15) is 4.79 Å². The number of rotatable bonds is 2. The average Bonchev–Trinajstić information content (AvgIpc) is 3.27. The second-order valence-corrected chi connectivity index (χ2v) is 11.5. The van der Waals surface area contributed by atoms with Crippen molar-refractivity contribution < 1.29 is 9.53 Å². The van der Waals surface area contributed by atoms with Crippen LogP contribution in [0.25, 0.3) is 20.0 Å². The summed E-state index contributed by atoms with van der Waals surface area (Å²) in [5.74, 6) is 0.842. The molecular formula is C18H20IN3O2S2. The molecule has 0 saturated carbocycles. The molecule has 0 radical (unpaired) electrons. The van der Waals surface area contributed by atoms with Gasteiger partial charge in [-0.05, 0) is 68.3 Å². The van der Waals surface area contributed by atoms with Crippen LogP contribution in [0.1, 0.15) is 45.5 Å². The van der Waals surface area contributed by atoms with Crippen molar-refractivity contribution in [1.82, 2.24) is 14.9 Å². The Labute approximate surface area is 173 Å². The Kier molecular flexibility index (Phi) is 4.77. The fourth-order valence-electron chi connectivity index (χ4n) is 3.16. The highest BCUT2D eigenvalue weighted by Crippen LogP contribution is 2.39. The third kappa shape index (κ3) is 3.63. The molecule has 26 heavy (non-hydrogen) atoms. The van der Waals surface area contributed by atoms with E-state index < -0.39 is 5.60 Å². The number of aromatic amines is 1. The van der Waals surface area contributed by atoms with Crippen molar-refractivity contribution in [1.29, 1.82) is 0 Å². The van der Waals surface area contributed by atoms with Crippen molar-refractivity contribution in [2.24, 2.45) is 0 Å². The third-order valence-electron chi connectivity index (χ3n) is 4.23. The van der Waals surface area contributed by atoms with Crippen molar-refractivity contribution in [2.75, 3.05) is 6.54 Å². The number of thiophene rings is 2. The van der Waals surface area contributed by atoms with Crippen LogP contribution in [-0.4, -0.2) is 33.1 Å². The molecule has 1 aliphatic rings. The molecule has 4 heterocycles. The third-order valence-corrected chi connectivity index (χ3v) is 7.32. The fraction of sp³-hybridized carbons (Fsp3) is 0.444. The smallest absolute Gasteiger partial charge is 0.410 e. The SMILES string of the molecule is CC(C)(C)OC(=O)N1CCCC1c1ncc(-c2cc3sc(I)cc3s2)[nH]1. The molecule has 1 atom stereocenters. The zero-order valence-corrected chi connectivity index (χ0v) is 18.6. The molecule has 1 unspecified atom stereocenters. The van der Waals surface area contributed by atoms with Crippen LogP contribution in [0.4, 0.5) is 4.79 Å². The molecule has 1 aliphatic heterocycles. The first-order chi connectivity index (χ1) is 12.3. The van der Waals surface area contributed by atoms with Crippen LogP contribution in [-0.2, 0) is 4.74 Å². The molecule has 5 nitrogen and oxygen atoms in total. The van der Waals surface area contributed by atoms with E-state index in [2.05, 4.69) is 44.7 Å². The van der Waals surface area contributed by atoms with Gasteiger partial charge >= 0.3 is 6.09 Å². The molecule has 3 aromatic heterocycles. The lowest BCUT2D eigenvalue weighted by molar-refractivity contribution is 0.0219. The first kappa shape index (κ1) is 18.2. The lowest BCUT2D eigenvalue weighted by atomic mass is 10.2. The van der Waals surface area contributed by atoms with Gasteiger partial charge in [-0.15, -0.1) is 22.7 Å². The summed E-state index contributed by atoms with van der Waals surface area (Å²) in [6.07, 6.45) is 3.49. The Morgan fingerprint density at radius 2 is 2.12 bits per heavy atom. The zero-order valence-electron chi connectivity index (χ0n) is 14.8. The van der Waals surface area contributed by atoms with Gasteiger partial charge in [0.05, 0.1) is 25.7 Å². The van der Waals surface area contributed by atoms with Gasteiger partial charge in [-0.2, -0.15) is 0 Å². The fourth-order valence-corrected chi connectivity index (χ4v) is 6.48. The minimum atomic E-state index is -0.487. The van der Waals surface area contributed by atoms with E-state index in [1.54, 1.807) is 27.6 Å². The predicted octanol–water partition coefficient (Wildman–Crippen LogP) is 6.03. The summed E-state index contributed by atoms with van der Waals surface area (Å²) in [6.45, 7) is 6.39. The number of amides is 1. The van der Waals surface area contributed by atoms with Crippen LogP contribution < -0.4 is 0 Å². The normalized spacial score (nSPS) is 18.0. The minimum absolute atomic E-state index is 0.0411. The standard InChI is InChI=1S/C18H20IN3O2S2/c1-18(2,3)24-17(23)22-6-4-5-11(22)16-20-9-10(21-16)12-7-13-14(25-12)8-15(19)26-13/h7-9,11H,4-6H2,1-3H3,(H,20,21). The second kappa shape index (κ2) is 6.79. The first-order valence-electron chi connectivity index (χ1n) is 8.54. The number of hydrogen-bond donors (Lipinski definition) is 1. The van der Waals surface area contributed by atoms with Crippen molar-refractivity contribution in [2.45, 2.75) is 45.3 Å². The van der Waals surface area contributed by atoms with Crippen LogP contribution in [0, 0.1) is 2.88 Å². The van der Waals surface area contributed by atoms with Gasteiger partial charge in [0.1, 0.15) is 11.4 Å². The lowest BCUT2D eigenvalue weighted by Gasteiger charge is -2.27. The van der Waals surface area contributed by atoms with Crippen LogP contribution in [0.5, 0.6) is 0 Å². The predicted molar refractivity (Wildman–Crippen MR) is 115 cm³/mol. The molecule has 0 aliphatic carbocycles. The molecular weight excluding hydrogens is 481 g/mol. The maximum absolute atomic E-state index is 12.5. The number of hydrogen-bond acceptors (Lipinski definition) is 5. The van der Waals surface area contributed by atoms with Gasteiger partial charge in [0.25, 0.3) is 0 Å². The van der Waals surface area contributed by atoms with Crippen LogP contribution in [0.3, 0.4) is 0 Å². The summed E-state index contributed by atoms with van der Waals surface area (Å²) in [6, 6.07) is 4.39. The summed E-state index contributed by atoms with van der Waals surface area (Å²) in [5.41, 5.74) is 0.526. The van der Waals surface area contributed by atoms with Crippen molar-refractivity contribution in [3.8, 4) is 10.6 Å². The first-order valence-corrected chi connectivity index (χ1v) is 11.2. The molecule has 1 fully saturated rings. The number of carbonyl (C=O) groups excluding carboxylic acids is 1. The molecule has 138 valence electrons. The van der Waals surface area contributed by atoms with Gasteiger partial charge in [-0.3, -0.25) is 4.90 Å². The largest absolute Gasteiger partial charge is 0.444 e. The summed E-state index contributed by atoms with van der Waals surface area (Å²) in [5, 5.41) is 0. The van der Waals surface area contributed by atoms with E-state index in [4.69, 9.17) is 4.74 Å². The molecule has 0 aromatic carbocycles. The van der Waals surface area contributed by atoms with Gasteiger partial charge in [-0.1, -0.05) is 0 Å². The number of nitrogens with zero attached hydrogens (tertiary/aromatic N) is 2. The van der Waals surface area contributed by atoms with E-state index in [1.165, 1.54) is 17.2 Å². The van der Waals surface area contributed by atoms with Gasteiger partial charge < -0.3 is 9.72 Å². The van der Waals surface area contributed by atoms with Crippen molar-refractivity contribution in [3.05, 3.63) is 27.0 Å². The van der Waals surface area contributed by atoms with E-state index in [-0.39, 0.29) is 12.1 Å². The summed E-state index contributed by atoms with van der Waals surface area (Å²) >= 11 is 5.93. The molecule has 8 heteroatoms. The Hall–Kier alpha value is -1.13. The highest BCUT2D eigenvalue weighted by molar-refractivity contribution is 14.1. The summed E-state index contributed by atoms with van der Waals surface area (Å²) in [7, 11) is 0. The van der Waals surface area contributed by atoms with E-state index in [0.717, 1.165) is 24.4 Å². The monoisotopic (exact) mass is 501 g/mol. The minimum Gasteiger partial charge on any atom is -0.444 e. The molecule has 1 saturated heterocycles. The molecule has 4 rings (SSSR count). The van der Waals surface area contributed by atoms with Gasteiger partial charge in [0, 0.05) is 15.9 Å². The summed E-state index contributed by atoms with van der Waals surface area (Å²) in [4.78, 5) is 23.5. The Morgan fingerprint density at radius 3 is 2.85 bits per heavy atom. The van der Waals surface area contributed by atoms with Crippen LogP contribution in [0.2, 0.25) is 0 Å². The number of likely N-dealkylation sites (tertiary alicyclic amines) is 1. The van der Waals surface area contributed by atoms with Crippen LogP contribution >= 0.6 is 45.3 Å². The van der Waals surface area contributed by atoms with Gasteiger partial charge in [-0.25, -0.2) is 9.78 Å². The highest BCUT2D eigenvalue weighted by Gasteiger charge is 2.34. The quantitative estimate of drug-likeness (QED) is 0.437. The number of ether oxygens (including phenoxy) is 1. The Balaban J connectivity index is 1.56. The van der Waals surface area contributed by atoms with Crippen LogP contribution in [0.15, 0.2) is 18.3 Å². The molecule has 3 aromatic rings. The van der Waals surface area contributed by atoms with Gasteiger partial charge in [0.15, 0.2) is 0 Å². The number of H-pyrrole nitrogens is 1. The number of aromatic nitrogens is 2. The van der Waals surface area contributed by atoms with E-state index in [0.29, 0.717) is 6.54 Å². The molecule has 0 bridgehead atoms. The lowest BCUT2D eigenvalue weighted by Crippen LogP contribution is -2.36. The molecule has 1 N–H and O–H groups in total. The molecule has 1 amide bonds. The van der Waals surface area contributed by atoms with E-state index in [1.807, 2.05) is 27.0 Å². The Morgan fingerprint density at radius 1 is 1.35 bits per heavy atom. The molecule has 0 spiro atoms. The van der Waals surface area contributed by atoms with Gasteiger partial charge in [0.2, 0.25) is 0 Å². The summed E-state index contributed by atoms with van der Waals surface area (Å²) < 4.78 is 9.47. The van der Waals surface area contributed by atoms with Crippen molar-refractivity contribution in [3.63, 3.8) is 0 Å². The topological polar surface area (TPSA) is 58.2 Å². The van der Waals surface area contributed by atoms with Crippen molar-refractivity contribution >= 4 is 60.8 Å². The second-order valence-electron chi connectivity index (χ2n) is 7.40. The number of imidazole rings is 1. The number of carbonyl (C=O) groups is 1. The van der Waals surface area contributed by atoms with E-state index >= 15 is 0 Å².